The second-order valence-electron chi connectivity index (χ2n) is 5.81. The van der Waals surface area contributed by atoms with Crippen molar-refractivity contribution in [1.29, 1.82) is 0 Å². The van der Waals surface area contributed by atoms with Crippen LogP contribution < -0.4 is 5.73 Å². The van der Waals surface area contributed by atoms with Gasteiger partial charge >= 0.3 is 0 Å². The number of allylic oxidation sites excluding steroid dienone is 1. The lowest BCUT2D eigenvalue weighted by Crippen LogP contribution is -2.06. The van der Waals surface area contributed by atoms with Crippen LogP contribution in [0.5, 0.6) is 0 Å². The average molecular weight is 343 g/mol. The number of nitrogen functional groups attached to an aromatic ring is 1. The third-order valence-electron chi connectivity index (χ3n) is 4.18. The lowest BCUT2D eigenvalue weighted by atomic mass is 10.2. The highest BCUT2D eigenvalue weighted by molar-refractivity contribution is 5.81. The van der Waals surface area contributed by atoms with Crippen LogP contribution in [-0.4, -0.2) is 32.0 Å². The summed E-state index contributed by atoms with van der Waals surface area (Å²) in [6, 6.07) is 9.44. The first kappa shape index (κ1) is 15.6. The van der Waals surface area contributed by atoms with Gasteiger partial charge in [-0.2, -0.15) is 8.78 Å². The molecule has 0 bridgehead atoms. The molecular weight excluding hydrogens is 328 g/mol. The van der Waals surface area contributed by atoms with Gasteiger partial charge in [-0.15, -0.1) is 0 Å². The average Bonchev–Trinajstić information content (AvgIpc) is 2.94. The van der Waals surface area contributed by atoms with E-state index in [-0.39, 0.29) is 30.1 Å². The Morgan fingerprint density at radius 1 is 1.04 bits per heavy atom. The van der Waals surface area contributed by atoms with Crippen LogP contribution >= 0.6 is 0 Å². The van der Waals surface area contributed by atoms with Crippen molar-refractivity contribution in [1.82, 2.24) is 19.5 Å². The molecule has 0 saturated heterocycles. The van der Waals surface area contributed by atoms with Crippen LogP contribution in [0.1, 0.15) is 5.56 Å². The van der Waals surface area contributed by atoms with Gasteiger partial charge in [-0.25, -0.2) is 15.0 Å². The Bertz CT molecular complexity index is 952. The minimum atomic E-state index is -2.91. The number of rotatable bonds is 6. The number of nitrogens with two attached hydrogens (primary N) is 1. The molecule has 4 rings (SSSR count). The number of halogens is 2. The second-order valence-corrected chi connectivity index (χ2v) is 5.81. The number of ether oxygens (including phenoxy) is 1. The minimum absolute atomic E-state index is 0.00395. The largest absolute Gasteiger partial charge is 0.382 e. The summed E-state index contributed by atoms with van der Waals surface area (Å²) in [5, 5.41) is 0. The van der Waals surface area contributed by atoms with Crippen LogP contribution in [-0.2, 0) is 17.9 Å². The van der Waals surface area contributed by atoms with Gasteiger partial charge in [-0.05, 0) is 5.56 Å². The maximum atomic E-state index is 14.0. The van der Waals surface area contributed by atoms with Crippen molar-refractivity contribution in [2.45, 2.75) is 19.1 Å². The third-order valence-corrected chi connectivity index (χ3v) is 4.18. The zero-order chi connectivity index (χ0) is 17.4. The Hall–Kier alpha value is -2.87. The molecule has 0 atom stereocenters. The van der Waals surface area contributed by atoms with E-state index in [2.05, 4.69) is 15.0 Å². The SMILES string of the molecule is Nc1ncnc2c1ncn2CC1=C(COCc2ccccc2)C1(F)F. The second kappa shape index (κ2) is 5.89. The summed E-state index contributed by atoms with van der Waals surface area (Å²) in [4.78, 5) is 12.0. The number of nitrogens with zero attached hydrogens (tertiary/aromatic N) is 4. The highest BCUT2D eigenvalue weighted by Gasteiger charge is 2.55. The molecule has 0 spiro atoms. The van der Waals surface area contributed by atoms with E-state index in [1.54, 1.807) is 4.57 Å². The minimum Gasteiger partial charge on any atom is -0.382 e. The number of imidazole rings is 1. The molecule has 0 radical (unpaired) electrons. The number of anilines is 1. The van der Waals surface area contributed by atoms with E-state index >= 15 is 0 Å². The first-order valence-corrected chi connectivity index (χ1v) is 7.71. The summed E-state index contributed by atoms with van der Waals surface area (Å²) in [6.45, 7) is 0.205. The number of hydrogen-bond acceptors (Lipinski definition) is 5. The number of fused-ring (bicyclic) bond motifs is 1. The van der Waals surface area contributed by atoms with Crippen LogP contribution in [0.25, 0.3) is 11.2 Å². The molecule has 0 aliphatic heterocycles. The molecule has 0 fully saturated rings. The molecule has 0 saturated carbocycles. The Morgan fingerprint density at radius 2 is 1.84 bits per heavy atom. The van der Waals surface area contributed by atoms with Crippen LogP contribution in [0, 0.1) is 0 Å². The van der Waals surface area contributed by atoms with Crippen molar-refractivity contribution in [2.24, 2.45) is 0 Å². The van der Waals surface area contributed by atoms with Crippen LogP contribution in [0.3, 0.4) is 0 Å². The van der Waals surface area contributed by atoms with Gasteiger partial charge in [0.25, 0.3) is 5.92 Å². The Kier molecular flexibility index (Phi) is 3.69. The molecule has 0 unspecified atom stereocenters. The molecule has 3 aromatic rings. The zero-order valence-electron chi connectivity index (χ0n) is 13.2. The Labute approximate surface area is 142 Å². The summed E-state index contributed by atoms with van der Waals surface area (Å²) in [7, 11) is 0. The van der Waals surface area contributed by atoms with Gasteiger partial charge < -0.3 is 15.0 Å². The van der Waals surface area contributed by atoms with Gasteiger partial charge in [0.15, 0.2) is 11.5 Å². The maximum Gasteiger partial charge on any atom is 0.295 e. The molecule has 2 heterocycles. The van der Waals surface area contributed by atoms with Crippen molar-refractivity contribution in [3.8, 4) is 0 Å². The van der Waals surface area contributed by atoms with Crippen molar-refractivity contribution >= 4 is 17.0 Å². The lowest BCUT2D eigenvalue weighted by molar-refractivity contribution is 0.0943. The normalized spacial score (nSPS) is 15.8. The van der Waals surface area contributed by atoms with Crippen LogP contribution in [0.15, 0.2) is 54.1 Å². The molecule has 6 nitrogen and oxygen atoms in total. The van der Waals surface area contributed by atoms with E-state index in [9.17, 15) is 8.78 Å². The molecule has 128 valence electrons. The quantitative estimate of drug-likeness (QED) is 0.696. The van der Waals surface area contributed by atoms with Crippen molar-refractivity contribution in [3.05, 3.63) is 59.7 Å². The number of alkyl halides is 2. The van der Waals surface area contributed by atoms with Crippen LogP contribution in [0.2, 0.25) is 0 Å². The van der Waals surface area contributed by atoms with Gasteiger partial charge in [-0.3, -0.25) is 0 Å². The lowest BCUT2D eigenvalue weighted by Gasteiger charge is -2.03. The van der Waals surface area contributed by atoms with E-state index in [4.69, 9.17) is 10.5 Å². The van der Waals surface area contributed by atoms with E-state index in [1.165, 1.54) is 12.7 Å². The Morgan fingerprint density at radius 3 is 2.64 bits per heavy atom. The van der Waals surface area contributed by atoms with Crippen LogP contribution in [0.4, 0.5) is 14.6 Å². The number of hydrogen-bond donors (Lipinski definition) is 1. The highest BCUT2D eigenvalue weighted by atomic mass is 19.3. The molecule has 8 heteroatoms. The van der Waals surface area contributed by atoms with Gasteiger partial charge in [-0.1, -0.05) is 30.3 Å². The topological polar surface area (TPSA) is 78.9 Å². The summed E-state index contributed by atoms with van der Waals surface area (Å²) in [5.74, 6) is -2.68. The van der Waals surface area contributed by atoms with Gasteiger partial charge in [0.2, 0.25) is 0 Å². The fourth-order valence-electron chi connectivity index (χ4n) is 2.73. The molecule has 1 aromatic carbocycles. The number of benzene rings is 1. The van der Waals surface area contributed by atoms with E-state index in [0.29, 0.717) is 17.8 Å². The fraction of sp³-hybridized carbons (Fsp3) is 0.235. The highest BCUT2D eigenvalue weighted by Crippen LogP contribution is 2.50. The first-order valence-electron chi connectivity index (χ1n) is 7.71. The van der Waals surface area contributed by atoms with Crippen molar-refractivity contribution in [3.63, 3.8) is 0 Å². The summed E-state index contributed by atoms with van der Waals surface area (Å²) >= 11 is 0. The molecule has 1 aliphatic carbocycles. The Balaban J connectivity index is 1.46. The molecule has 1 aliphatic rings. The predicted molar refractivity (Wildman–Crippen MR) is 87.8 cm³/mol. The van der Waals surface area contributed by atoms with E-state index in [1.807, 2.05) is 30.3 Å². The summed E-state index contributed by atoms with van der Waals surface area (Å²) in [6.07, 6.45) is 2.73. The third kappa shape index (κ3) is 2.85. The van der Waals surface area contributed by atoms with E-state index < -0.39 is 5.92 Å². The molecular formula is C17H15F2N5O. The van der Waals surface area contributed by atoms with Gasteiger partial charge in [0.05, 0.1) is 26.1 Å². The van der Waals surface area contributed by atoms with Crippen molar-refractivity contribution < 1.29 is 13.5 Å². The number of aromatic nitrogens is 4. The fourth-order valence-corrected chi connectivity index (χ4v) is 2.73. The molecule has 25 heavy (non-hydrogen) atoms. The van der Waals surface area contributed by atoms with E-state index in [0.717, 1.165) is 5.56 Å². The standard InChI is InChI=1S/C17H15F2N5O/c18-17(19)12(13(17)8-25-7-11-4-2-1-3-5-11)6-24-10-23-14-15(20)21-9-22-16(14)24/h1-5,9-10H,6-8H2,(H2,20,21,22). The summed E-state index contributed by atoms with van der Waals surface area (Å²) in [5.41, 5.74) is 7.56. The maximum absolute atomic E-state index is 14.0. The smallest absolute Gasteiger partial charge is 0.295 e. The zero-order valence-corrected chi connectivity index (χ0v) is 13.2. The van der Waals surface area contributed by atoms with Crippen molar-refractivity contribution in [2.75, 3.05) is 12.3 Å². The molecule has 2 N–H and O–H groups in total. The first-order chi connectivity index (χ1) is 12.1. The molecule has 2 aromatic heterocycles. The monoisotopic (exact) mass is 343 g/mol. The summed E-state index contributed by atoms with van der Waals surface area (Å²) < 4.78 is 35.0. The molecule has 0 amide bonds. The van der Waals surface area contributed by atoms with Gasteiger partial charge in [0.1, 0.15) is 11.8 Å². The predicted octanol–water partition coefficient (Wildman–Crippen LogP) is 2.57. The van der Waals surface area contributed by atoms with Gasteiger partial charge in [0, 0.05) is 11.1 Å².